The number of ether oxygens (including phenoxy) is 2. The zero-order valence-electron chi connectivity index (χ0n) is 27.5. The molecule has 2 amide bonds. The number of rotatable bonds is 18. The molecule has 0 saturated heterocycles. The van der Waals surface area contributed by atoms with Crippen molar-refractivity contribution in [2.24, 2.45) is 11.3 Å². The van der Waals surface area contributed by atoms with Crippen molar-refractivity contribution >= 4 is 44.7 Å². The number of amides is 2. The maximum atomic E-state index is 15.3. The Kier molecular flexibility index (Phi) is 13.2. The lowest BCUT2D eigenvalue weighted by atomic mass is 9.75. The summed E-state index contributed by atoms with van der Waals surface area (Å²) in [6, 6.07) is 5.11. The van der Waals surface area contributed by atoms with Crippen molar-refractivity contribution in [1.29, 1.82) is 0 Å². The molecule has 2 atom stereocenters. The highest BCUT2D eigenvalue weighted by molar-refractivity contribution is 7.93. The number of nitrogens with zero attached hydrogens (tertiary/aromatic N) is 3. The first-order valence-corrected chi connectivity index (χ1v) is 17.2. The Morgan fingerprint density at radius 3 is 2.35 bits per heavy atom. The molecule has 3 aromatic rings. The van der Waals surface area contributed by atoms with Crippen LogP contribution in [0.2, 0.25) is 0 Å². The van der Waals surface area contributed by atoms with Gasteiger partial charge in [-0.1, -0.05) is 13.8 Å². The summed E-state index contributed by atoms with van der Waals surface area (Å²) in [5.74, 6) is -3.05. The molecule has 4 N–H and O–H groups in total. The van der Waals surface area contributed by atoms with E-state index in [1.54, 1.807) is 32.0 Å². The summed E-state index contributed by atoms with van der Waals surface area (Å²) in [6.07, 6.45) is -1.59. The fraction of sp³-hybridized carbons (Fsp3) is 0.452. The number of carbonyl (C=O) groups excluding carboxylic acids is 1. The predicted molar refractivity (Wildman–Crippen MR) is 176 cm³/mol. The van der Waals surface area contributed by atoms with E-state index in [1.165, 1.54) is 21.1 Å². The van der Waals surface area contributed by atoms with E-state index in [9.17, 15) is 27.9 Å². The summed E-state index contributed by atoms with van der Waals surface area (Å²) in [4.78, 5) is 38.9. The molecule has 1 aromatic heterocycles. The average molecular weight is 728 g/mol. The molecule has 0 saturated carbocycles. The topological polar surface area (TPSA) is 197 Å². The molecule has 0 radical (unpaired) electrons. The van der Waals surface area contributed by atoms with E-state index in [-0.39, 0.29) is 48.8 Å². The van der Waals surface area contributed by atoms with Gasteiger partial charge in [0.1, 0.15) is 40.1 Å². The number of nitrogens with one attached hydrogen (secondary N) is 2. The summed E-state index contributed by atoms with van der Waals surface area (Å²) in [7, 11) is -1.91. The lowest BCUT2D eigenvalue weighted by Crippen LogP contribution is -2.43. The normalized spacial score (nSPS) is 12.9. The second-order valence-corrected chi connectivity index (χ2v) is 14.5. The molecule has 0 fully saturated rings. The van der Waals surface area contributed by atoms with Crippen molar-refractivity contribution in [1.82, 2.24) is 20.0 Å². The Morgan fingerprint density at radius 2 is 1.76 bits per heavy atom. The molecule has 268 valence electrons. The molecule has 0 aliphatic carbocycles. The van der Waals surface area contributed by atoms with E-state index in [4.69, 9.17) is 14.6 Å². The first-order valence-electron chi connectivity index (χ1n) is 15.0. The Bertz CT molecular complexity index is 1740. The molecule has 0 aliphatic rings. The maximum Gasteiger partial charge on any atom is 0.404 e. The van der Waals surface area contributed by atoms with Crippen LogP contribution in [0.15, 0.2) is 41.6 Å². The summed E-state index contributed by atoms with van der Waals surface area (Å²) in [5, 5.41) is 22.6. The van der Waals surface area contributed by atoms with Crippen molar-refractivity contribution in [3.05, 3.63) is 59.4 Å². The molecule has 0 bridgehead atoms. The molecule has 2 aromatic carbocycles. The molecular weight excluding hydrogens is 688 g/mol. The molecule has 3 rings (SSSR count). The van der Waals surface area contributed by atoms with E-state index in [0.717, 1.165) is 28.2 Å². The van der Waals surface area contributed by atoms with Crippen molar-refractivity contribution in [3.8, 4) is 11.5 Å². The maximum absolute atomic E-state index is 15.3. The number of halogens is 2. The molecule has 14 nitrogen and oxygen atoms in total. The number of hydrogen-bond donors (Lipinski definition) is 4. The second kappa shape index (κ2) is 16.7. The number of methoxy groups -OCH3 is 2. The lowest BCUT2D eigenvalue weighted by Gasteiger charge is -2.32. The molecule has 1 heterocycles. The monoisotopic (exact) mass is 727 g/mol. The first kappa shape index (κ1) is 38.9. The first-order chi connectivity index (χ1) is 23.0. The van der Waals surface area contributed by atoms with Crippen LogP contribution in [0.4, 0.5) is 23.5 Å². The molecule has 18 heteroatoms. The lowest BCUT2D eigenvalue weighted by molar-refractivity contribution is -0.124. The van der Waals surface area contributed by atoms with Crippen molar-refractivity contribution in [2.45, 2.75) is 63.9 Å². The third-order valence-corrected chi connectivity index (χ3v) is 10.5. The van der Waals surface area contributed by atoms with Crippen LogP contribution in [0, 0.1) is 23.0 Å². The summed E-state index contributed by atoms with van der Waals surface area (Å²) < 4.78 is 73.8. The predicted octanol–water partition coefficient (Wildman–Crippen LogP) is 5.08. The number of anilines is 1. The molecule has 2 unspecified atom stereocenters. The number of hydrogen-bond acceptors (Lipinski definition) is 10. The number of carbonyl (C=O) groups is 3. The third kappa shape index (κ3) is 10.5. The number of carboxylic acid groups (broad SMARTS) is 2. The van der Waals surface area contributed by atoms with Gasteiger partial charge < -0.3 is 30.3 Å². The van der Waals surface area contributed by atoms with E-state index >= 15 is 8.78 Å². The van der Waals surface area contributed by atoms with E-state index in [1.807, 2.05) is 0 Å². The number of benzene rings is 2. The number of aromatic nitrogens is 2. The Labute approximate surface area is 286 Å². The SMILES string of the molecule is COc1ccc(CN(c2ncns2)S(=O)(=O)c2cc(CCC(=O)C(CC(C)(C)CCNC(=O)O)C(C)NC(=O)O)c(F)cc2F)c(OC)c1. The van der Waals surface area contributed by atoms with Gasteiger partial charge in [0.05, 0.1) is 20.8 Å². The Hall–Kier alpha value is -4.58. The summed E-state index contributed by atoms with van der Waals surface area (Å²) in [5.41, 5.74) is -0.484. The van der Waals surface area contributed by atoms with Crippen molar-refractivity contribution in [2.75, 3.05) is 25.1 Å². The van der Waals surface area contributed by atoms with Gasteiger partial charge in [-0.05, 0) is 55.4 Å². The van der Waals surface area contributed by atoms with E-state index in [0.29, 0.717) is 23.8 Å². The molecular formula is C31H39F2N5O9S2. The highest BCUT2D eigenvalue weighted by Crippen LogP contribution is 2.34. The van der Waals surface area contributed by atoms with Crippen LogP contribution in [0.25, 0.3) is 0 Å². The van der Waals surface area contributed by atoms with Gasteiger partial charge in [-0.25, -0.2) is 36.1 Å². The van der Waals surface area contributed by atoms with Crippen LogP contribution < -0.4 is 24.4 Å². The van der Waals surface area contributed by atoms with Gasteiger partial charge in [0.2, 0.25) is 5.13 Å². The Balaban J connectivity index is 1.93. The summed E-state index contributed by atoms with van der Waals surface area (Å²) in [6.45, 7) is 4.84. The number of Topliss-reactive ketones (excluding diaryl/α,β-unsaturated/α-hetero) is 1. The van der Waals surface area contributed by atoms with Gasteiger partial charge in [0.25, 0.3) is 10.0 Å². The minimum Gasteiger partial charge on any atom is -0.497 e. The van der Waals surface area contributed by atoms with Gasteiger partial charge in [-0.3, -0.25) is 4.79 Å². The zero-order valence-corrected chi connectivity index (χ0v) is 29.2. The van der Waals surface area contributed by atoms with Crippen LogP contribution >= 0.6 is 11.5 Å². The fourth-order valence-electron chi connectivity index (χ4n) is 5.26. The van der Waals surface area contributed by atoms with Crippen molar-refractivity contribution < 1.29 is 51.3 Å². The molecule has 49 heavy (non-hydrogen) atoms. The minimum atomic E-state index is -4.75. The van der Waals surface area contributed by atoms with Gasteiger partial charge in [0.15, 0.2) is 0 Å². The smallest absolute Gasteiger partial charge is 0.404 e. The Morgan fingerprint density at radius 1 is 1.04 bits per heavy atom. The van der Waals surface area contributed by atoms with E-state index in [2.05, 4.69) is 20.0 Å². The average Bonchev–Trinajstić information content (AvgIpc) is 3.55. The van der Waals surface area contributed by atoms with Crippen LogP contribution in [0.5, 0.6) is 11.5 Å². The molecule has 0 spiro atoms. The minimum absolute atomic E-state index is 0.0951. The van der Waals surface area contributed by atoms with Crippen molar-refractivity contribution in [3.63, 3.8) is 0 Å². The summed E-state index contributed by atoms with van der Waals surface area (Å²) >= 11 is 0.739. The quantitative estimate of drug-likeness (QED) is 0.136. The largest absolute Gasteiger partial charge is 0.497 e. The van der Waals surface area contributed by atoms with Crippen LogP contribution in [0.1, 0.15) is 51.2 Å². The fourth-order valence-corrected chi connectivity index (χ4v) is 7.49. The van der Waals surface area contributed by atoms with Crippen LogP contribution in [-0.4, -0.2) is 72.8 Å². The number of ketones is 1. The standard InChI is InChI=1S/C31H39F2N5O9S2/c1-18(37-30(42)43)22(15-31(2,3)10-11-34-29(40)41)25(39)9-7-19-12-27(24(33)14-23(19)32)49(44,45)38(28-35-17-36-48-28)16-20-6-8-21(46-4)13-26(20)47-5/h6,8,12-14,17-18,22,34,37H,7,9-11,15-16H2,1-5H3,(H,40,41)(H,42,43). The van der Waals surface area contributed by atoms with E-state index < -0.39 is 61.9 Å². The zero-order chi connectivity index (χ0) is 36.5. The van der Waals surface area contributed by atoms with Crippen LogP contribution in [0.3, 0.4) is 0 Å². The third-order valence-electron chi connectivity index (χ3n) is 7.90. The van der Waals surface area contributed by atoms with Gasteiger partial charge in [0, 0.05) is 54.2 Å². The van der Waals surface area contributed by atoms with Crippen LogP contribution in [-0.2, 0) is 27.8 Å². The highest BCUT2D eigenvalue weighted by atomic mass is 32.2. The molecule has 0 aliphatic heterocycles. The van der Waals surface area contributed by atoms with Gasteiger partial charge >= 0.3 is 12.2 Å². The number of sulfonamides is 1. The highest BCUT2D eigenvalue weighted by Gasteiger charge is 2.34. The number of aryl methyl sites for hydroxylation is 1. The van der Waals surface area contributed by atoms with Gasteiger partial charge in [-0.2, -0.15) is 4.37 Å². The second-order valence-electron chi connectivity index (χ2n) is 11.9. The van der Waals surface area contributed by atoms with Gasteiger partial charge in [-0.15, -0.1) is 0 Å².